The van der Waals surface area contributed by atoms with Gasteiger partial charge in [0.15, 0.2) is 0 Å². The van der Waals surface area contributed by atoms with Crippen LogP contribution in [0, 0.1) is 0 Å². The molecule has 0 fully saturated rings. The molecule has 4 heteroatoms. The Morgan fingerprint density at radius 1 is 1.26 bits per heavy atom. The number of rotatable bonds is 5. The molecule has 0 saturated heterocycles. The van der Waals surface area contributed by atoms with Gasteiger partial charge in [-0.2, -0.15) is 0 Å². The molecule has 19 heavy (non-hydrogen) atoms. The van der Waals surface area contributed by atoms with E-state index in [2.05, 4.69) is 10.3 Å². The molecule has 0 aliphatic carbocycles. The van der Waals surface area contributed by atoms with Crippen molar-refractivity contribution in [3.8, 4) is 0 Å². The van der Waals surface area contributed by atoms with Crippen molar-refractivity contribution in [3.63, 3.8) is 0 Å². The normalized spacial score (nSPS) is 11.7. The number of aliphatic hydroxyl groups is 1. The highest BCUT2D eigenvalue weighted by atomic mass is 16.3. The van der Waals surface area contributed by atoms with Gasteiger partial charge in [0, 0.05) is 29.5 Å². The number of nitrogens with zero attached hydrogens (tertiary/aromatic N) is 1. The third-order valence-electron chi connectivity index (χ3n) is 3.69. The zero-order valence-electron chi connectivity index (χ0n) is 11.5. The molecule has 0 radical (unpaired) electrons. The number of hydrogen-bond acceptors (Lipinski definition) is 4. The summed E-state index contributed by atoms with van der Waals surface area (Å²) >= 11 is 0. The van der Waals surface area contributed by atoms with Gasteiger partial charge in [-0.25, -0.2) is 0 Å². The third-order valence-corrected chi connectivity index (χ3v) is 3.69. The Balaban J connectivity index is 2.26. The Hall–Kier alpha value is -1.81. The molecule has 1 heterocycles. The molecule has 1 aromatic carbocycles. The molecule has 0 unspecified atom stereocenters. The average molecular weight is 259 g/mol. The third kappa shape index (κ3) is 2.96. The van der Waals surface area contributed by atoms with E-state index in [1.54, 1.807) is 6.20 Å². The molecule has 0 bridgehead atoms. The maximum atomic E-state index is 10.3. The summed E-state index contributed by atoms with van der Waals surface area (Å²) in [6.45, 7) is 4.52. The van der Waals surface area contributed by atoms with E-state index in [-0.39, 0.29) is 0 Å². The van der Waals surface area contributed by atoms with Crippen LogP contribution in [0.2, 0.25) is 0 Å². The largest absolute Gasteiger partial charge is 0.399 e. The van der Waals surface area contributed by atoms with Crippen LogP contribution in [0.25, 0.3) is 10.9 Å². The first kappa shape index (κ1) is 13.6. The monoisotopic (exact) mass is 259 g/mol. The fourth-order valence-corrected chi connectivity index (χ4v) is 2.08. The highest BCUT2D eigenvalue weighted by Crippen LogP contribution is 2.24. The lowest BCUT2D eigenvalue weighted by Gasteiger charge is -2.26. The fraction of sp³-hybridized carbons (Fsp3) is 0.400. The van der Waals surface area contributed by atoms with Crippen LogP contribution in [0.15, 0.2) is 30.5 Å². The van der Waals surface area contributed by atoms with E-state index in [4.69, 9.17) is 5.73 Å². The van der Waals surface area contributed by atoms with Crippen LogP contribution >= 0.6 is 0 Å². The first-order chi connectivity index (χ1) is 9.08. The summed E-state index contributed by atoms with van der Waals surface area (Å²) in [5.74, 6) is 0. The molecule has 4 nitrogen and oxygen atoms in total. The van der Waals surface area contributed by atoms with Gasteiger partial charge in [-0.15, -0.1) is 0 Å². The number of nitrogen functional groups attached to an aromatic ring is 1. The van der Waals surface area contributed by atoms with E-state index in [1.807, 2.05) is 38.1 Å². The highest BCUT2D eigenvalue weighted by molar-refractivity contribution is 5.92. The number of benzene rings is 1. The van der Waals surface area contributed by atoms with Crippen molar-refractivity contribution in [2.75, 3.05) is 17.6 Å². The Labute approximate surface area is 113 Å². The van der Waals surface area contributed by atoms with Gasteiger partial charge in [0.05, 0.1) is 11.1 Å². The lowest BCUT2D eigenvalue weighted by Crippen LogP contribution is -2.35. The molecule has 4 N–H and O–H groups in total. The summed E-state index contributed by atoms with van der Waals surface area (Å²) in [6, 6.07) is 7.59. The van der Waals surface area contributed by atoms with Crippen LogP contribution in [-0.4, -0.2) is 22.2 Å². The molecule has 1 aromatic heterocycles. The van der Waals surface area contributed by atoms with Gasteiger partial charge in [0.25, 0.3) is 0 Å². The Morgan fingerprint density at radius 2 is 2.00 bits per heavy atom. The Bertz CT molecular complexity index is 564. The van der Waals surface area contributed by atoms with E-state index in [0.717, 1.165) is 29.4 Å². The van der Waals surface area contributed by atoms with Crippen molar-refractivity contribution in [1.82, 2.24) is 4.98 Å². The number of aromatic nitrogens is 1. The van der Waals surface area contributed by atoms with Crippen LogP contribution < -0.4 is 11.1 Å². The standard InChI is InChI=1S/C15H21N3O/c1-3-15(19,4-2)10-18-13-7-8-17-14-9-11(16)5-6-12(13)14/h5-9,19H,3-4,10,16H2,1-2H3,(H,17,18). The second kappa shape index (κ2) is 5.45. The Kier molecular flexibility index (Phi) is 3.90. The van der Waals surface area contributed by atoms with Gasteiger partial charge in [0.1, 0.15) is 0 Å². The minimum atomic E-state index is -0.663. The highest BCUT2D eigenvalue weighted by Gasteiger charge is 2.21. The number of nitrogens with one attached hydrogen (secondary N) is 1. The maximum absolute atomic E-state index is 10.3. The smallest absolute Gasteiger partial charge is 0.0814 e. The van der Waals surface area contributed by atoms with E-state index in [9.17, 15) is 5.11 Å². The van der Waals surface area contributed by atoms with Gasteiger partial charge in [-0.05, 0) is 37.1 Å². The molecule has 0 spiro atoms. The first-order valence-corrected chi connectivity index (χ1v) is 6.68. The van der Waals surface area contributed by atoms with E-state index in [1.165, 1.54) is 0 Å². The quantitative estimate of drug-likeness (QED) is 0.722. The summed E-state index contributed by atoms with van der Waals surface area (Å²) in [5.41, 5.74) is 7.64. The van der Waals surface area contributed by atoms with Crippen molar-refractivity contribution >= 4 is 22.3 Å². The number of hydrogen-bond donors (Lipinski definition) is 3. The predicted octanol–water partition coefficient (Wildman–Crippen LogP) is 2.78. The number of nitrogens with two attached hydrogens (primary N) is 1. The van der Waals surface area contributed by atoms with E-state index < -0.39 is 5.60 Å². The van der Waals surface area contributed by atoms with Crippen LogP contribution in [0.1, 0.15) is 26.7 Å². The lowest BCUT2D eigenvalue weighted by atomic mass is 9.97. The molecule has 2 rings (SSSR count). The van der Waals surface area contributed by atoms with Crippen LogP contribution in [0.3, 0.4) is 0 Å². The van der Waals surface area contributed by atoms with Crippen molar-refractivity contribution in [2.45, 2.75) is 32.3 Å². The molecule has 0 amide bonds. The van der Waals surface area contributed by atoms with E-state index in [0.29, 0.717) is 12.2 Å². The van der Waals surface area contributed by atoms with Crippen molar-refractivity contribution in [2.24, 2.45) is 0 Å². The van der Waals surface area contributed by atoms with Crippen molar-refractivity contribution in [1.29, 1.82) is 0 Å². The van der Waals surface area contributed by atoms with Crippen LogP contribution in [0.4, 0.5) is 11.4 Å². The number of anilines is 2. The second-order valence-electron chi connectivity index (χ2n) is 4.92. The molecule has 0 aliphatic rings. The molecule has 0 aliphatic heterocycles. The minimum Gasteiger partial charge on any atom is -0.399 e. The van der Waals surface area contributed by atoms with Gasteiger partial charge in [-0.1, -0.05) is 13.8 Å². The Morgan fingerprint density at radius 3 is 2.68 bits per heavy atom. The molecular formula is C15H21N3O. The number of fused-ring (bicyclic) bond motifs is 1. The first-order valence-electron chi connectivity index (χ1n) is 6.68. The molecule has 102 valence electrons. The van der Waals surface area contributed by atoms with Crippen molar-refractivity contribution < 1.29 is 5.11 Å². The van der Waals surface area contributed by atoms with Crippen molar-refractivity contribution in [3.05, 3.63) is 30.5 Å². The number of pyridine rings is 1. The topological polar surface area (TPSA) is 71.2 Å². The summed E-state index contributed by atoms with van der Waals surface area (Å²) < 4.78 is 0. The lowest BCUT2D eigenvalue weighted by molar-refractivity contribution is 0.0457. The van der Waals surface area contributed by atoms with Crippen LogP contribution in [-0.2, 0) is 0 Å². The SMILES string of the molecule is CCC(O)(CC)CNc1ccnc2cc(N)ccc12. The average Bonchev–Trinajstić information content (AvgIpc) is 2.44. The summed E-state index contributed by atoms with van der Waals surface area (Å²) in [6.07, 6.45) is 3.21. The second-order valence-corrected chi connectivity index (χ2v) is 4.92. The molecule has 0 saturated carbocycles. The fourth-order valence-electron chi connectivity index (χ4n) is 2.08. The zero-order valence-corrected chi connectivity index (χ0v) is 11.5. The van der Waals surface area contributed by atoms with Gasteiger partial charge < -0.3 is 16.2 Å². The molecule has 0 atom stereocenters. The molecular weight excluding hydrogens is 238 g/mol. The van der Waals surface area contributed by atoms with E-state index >= 15 is 0 Å². The maximum Gasteiger partial charge on any atom is 0.0814 e. The van der Waals surface area contributed by atoms with Crippen LogP contribution in [0.5, 0.6) is 0 Å². The van der Waals surface area contributed by atoms with Gasteiger partial charge in [-0.3, -0.25) is 4.98 Å². The zero-order chi connectivity index (χ0) is 13.9. The molecule has 2 aromatic rings. The minimum absolute atomic E-state index is 0.531. The van der Waals surface area contributed by atoms with Gasteiger partial charge >= 0.3 is 0 Å². The summed E-state index contributed by atoms with van der Waals surface area (Å²) in [5, 5.41) is 14.6. The predicted molar refractivity (Wildman–Crippen MR) is 80.2 cm³/mol. The summed E-state index contributed by atoms with van der Waals surface area (Å²) in [7, 11) is 0. The van der Waals surface area contributed by atoms with Gasteiger partial charge in [0.2, 0.25) is 0 Å². The summed E-state index contributed by atoms with van der Waals surface area (Å²) in [4.78, 5) is 4.30.